The molecule has 3 nitrogen and oxygen atoms in total. The van der Waals surface area contributed by atoms with Crippen molar-refractivity contribution < 1.29 is 4.79 Å². The van der Waals surface area contributed by atoms with Crippen LogP contribution in [0.4, 0.5) is 0 Å². The van der Waals surface area contributed by atoms with E-state index in [4.69, 9.17) is 5.73 Å². The summed E-state index contributed by atoms with van der Waals surface area (Å²) >= 11 is 0. The van der Waals surface area contributed by atoms with Crippen molar-refractivity contribution in [1.29, 1.82) is 0 Å². The topological polar surface area (TPSA) is 55.1 Å². The molecule has 0 bridgehead atoms. The highest BCUT2D eigenvalue weighted by Gasteiger charge is 2.05. The van der Waals surface area contributed by atoms with Gasteiger partial charge in [-0.2, -0.15) is 0 Å². The monoisotopic (exact) mass is 144 g/mol. The molecule has 1 unspecified atom stereocenters. The smallest absolute Gasteiger partial charge is 0.220 e. The summed E-state index contributed by atoms with van der Waals surface area (Å²) in [7, 11) is 1.65. The summed E-state index contributed by atoms with van der Waals surface area (Å²) in [6.45, 7) is 2.69. The van der Waals surface area contributed by atoms with Crippen molar-refractivity contribution >= 4 is 5.91 Å². The van der Waals surface area contributed by atoms with Gasteiger partial charge >= 0.3 is 0 Å². The van der Waals surface area contributed by atoms with E-state index in [2.05, 4.69) is 5.32 Å². The Morgan fingerprint density at radius 1 is 1.70 bits per heavy atom. The van der Waals surface area contributed by atoms with Gasteiger partial charge in [0.25, 0.3) is 0 Å². The second-order valence-corrected chi connectivity index (χ2v) is 2.56. The van der Waals surface area contributed by atoms with Crippen molar-refractivity contribution in [2.75, 3.05) is 13.6 Å². The minimum Gasteiger partial charge on any atom is -0.359 e. The van der Waals surface area contributed by atoms with E-state index in [-0.39, 0.29) is 5.91 Å². The lowest BCUT2D eigenvalue weighted by Crippen LogP contribution is -2.21. The highest BCUT2D eigenvalue weighted by atomic mass is 16.1. The number of hydrogen-bond acceptors (Lipinski definition) is 2. The Morgan fingerprint density at radius 2 is 2.30 bits per heavy atom. The van der Waals surface area contributed by atoms with E-state index in [1.165, 1.54) is 0 Å². The van der Waals surface area contributed by atoms with Crippen molar-refractivity contribution in [3.63, 3.8) is 0 Å². The maximum Gasteiger partial charge on any atom is 0.220 e. The summed E-state index contributed by atoms with van der Waals surface area (Å²) in [5.74, 6) is 0.505. The summed E-state index contributed by atoms with van der Waals surface area (Å²) in [6.07, 6.45) is 1.52. The third-order valence-electron chi connectivity index (χ3n) is 1.47. The lowest BCUT2D eigenvalue weighted by molar-refractivity contribution is -0.121. The molecule has 0 saturated heterocycles. The minimum atomic E-state index is 0.0981. The quantitative estimate of drug-likeness (QED) is 0.588. The molecule has 10 heavy (non-hydrogen) atoms. The molecule has 0 aromatic carbocycles. The zero-order valence-electron chi connectivity index (χ0n) is 6.68. The Morgan fingerprint density at radius 3 is 2.70 bits per heavy atom. The molecule has 0 spiro atoms. The zero-order chi connectivity index (χ0) is 7.98. The first-order valence-corrected chi connectivity index (χ1v) is 3.61. The van der Waals surface area contributed by atoms with E-state index < -0.39 is 0 Å². The van der Waals surface area contributed by atoms with Crippen molar-refractivity contribution in [3.05, 3.63) is 0 Å². The maximum atomic E-state index is 10.7. The van der Waals surface area contributed by atoms with Gasteiger partial charge in [-0.05, 0) is 18.9 Å². The van der Waals surface area contributed by atoms with E-state index in [0.717, 1.165) is 6.42 Å². The van der Waals surface area contributed by atoms with Crippen LogP contribution in [0.15, 0.2) is 0 Å². The lowest BCUT2D eigenvalue weighted by Gasteiger charge is -2.07. The predicted molar refractivity (Wildman–Crippen MR) is 41.5 cm³/mol. The second kappa shape index (κ2) is 5.23. The Hall–Kier alpha value is -0.570. The van der Waals surface area contributed by atoms with Crippen molar-refractivity contribution in [1.82, 2.24) is 5.32 Å². The van der Waals surface area contributed by atoms with Crippen LogP contribution in [0.2, 0.25) is 0 Å². The molecule has 0 aliphatic rings. The SMILES string of the molecule is CNC(=O)CC(C)CCN. The number of nitrogens with two attached hydrogens (primary N) is 1. The van der Waals surface area contributed by atoms with Crippen LogP contribution in [0.3, 0.4) is 0 Å². The van der Waals surface area contributed by atoms with Crippen molar-refractivity contribution in [2.24, 2.45) is 11.7 Å². The first kappa shape index (κ1) is 9.43. The van der Waals surface area contributed by atoms with Crippen LogP contribution in [0.1, 0.15) is 19.8 Å². The molecule has 60 valence electrons. The van der Waals surface area contributed by atoms with E-state index in [1.807, 2.05) is 6.92 Å². The lowest BCUT2D eigenvalue weighted by atomic mass is 10.0. The predicted octanol–water partition coefficient (Wildman–Crippen LogP) is 0.107. The fourth-order valence-electron chi connectivity index (χ4n) is 0.805. The summed E-state index contributed by atoms with van der Waals surface area (Å²) in [5, 5.41) is 2.57. The molecule has 1 atom stereocenters. The van der Waals surface area contributed by atoms with Gasteiger partial charge in [-0.15, -0.1) is 0 Å². The fourth-order valence-corrected chi connectivity index (χ4v) is 0.805. The molecule has 0 saturated carbocycles. The maximum absolute atomic E-state index is 10.7. The molecule has 1 amide bonds. The molecular formula is C7H16N2O. The third-order valence-corrected chi connectivity index (χ3v) is 1.47. The molecule has 0 aliphatic heterocycles. The molecule has 0 rings (SSSR count). The summed E-state index contributed by atoms with van der Waals surface area (Å²) < 4.78 is 0. The Bertz CT molecular complexity index is 104. The largest absolute Gasteiger partial charge is 0.359 e. The number of amides is 1. The normalized spacial score (nSPS) is 12.7. The van der Waals surface area contributed by atoms with Gasteiger partial charge in [-0.3, -0.25) is 4.79 Å². The number of hydrogen-bond donors (Lipinski definition) is 2. The molecule has 0 aromatic rings. The van der Waals surface area contributed by atoms with Gasteiger partial charge in [0, 0.05) is 13.5 Å². The molecule has 0 aromatic heterocycles. The van der Waals surface area contributed by atoms with Gasteiger partial charge in [0.2, 0.25) is 5.91 Å². The number of carbonyl (C=O) groups excluding carboxylic acids is 1. The molecule has 0 radical (unpaired) electrons. The molecular weight excluding hydrogens is 128 g/mol. The Labute approximate surface area is 62.0 Å². The van der Waals surface area contributed by atoms with E-state index in [9.17, 15) is 4.79 Å². The Balaban J connectivity index is 3.37. The number of carbonyl (C=O) groups is 1. The molecule has 0 fully saturated rings. The number of nitrogens with one attached hydrogen (secondary N) is 1. The highest BCUT2D eigenvalue weighted by Crippen LogP contribution is 2.04. The van der Waals surface area contributed by atoms with E-state index >= 15 is 0 Å². The van der Waals surface area contributed by atoms with E-state index in [0.29, 0.717) is 18.9 Å². The zero-order valence-corrected chi connectivity index (χ0v) is 6.68. The second-order valence-electron chi connectivity index (χ2n) is 2.56. The molecule has 3 heteroatoms. The van der Waals surface area contributed by atoms with Gasteiger partial charge in [-0.1, -0.05) is 6.92 Å². The average molecular weight is 144 g/mol. The first-order chi connectivity index (χ1) is 4.70. The van der Waals surface area contributed by atoms with Crippen LogP contribution in [0.25, 0.3) is 0 Å². The standard InChI is InChI=1S/C7H16N2O/c1-6(3-4-8)5-7(10)9-2/h6H,3-5,8H2,1-2H3,(H,9,10). The van der Waals surface area contributed by atoms with Crippen LogP contribution in [0, 0.1) is 5.92 Å². The van der Waals surface area contributed by atoms with E-state index in [1.54, 1.807) is 7.05 Å². The van der Waals surface area contributed by atoms with Gasteiger partial charge in [0.1, 0.15) is 0 Å². The van der Waals surface area contributed by atoms with Gasteiger partial charge < -0.3 is 11.1 Å². The van der Waals surface area contributed by atoms with Crippen LogP contribution in [-0.4, -0.2) is 19.5 Å². The van der Waals surface area contributed by atoms with Gasteiger partial charge in [0.05, 0.1) is 0 Å². The fraction of sp³-hybridized carbons (Fsp3) is 0.857. The van der Waals surface area contributed by atoms with Crippen molar-refractivity contribution in [2.45, 2.75) is 19.8 Å². The van der Waals surface area contributed by atoms with Gasteiger partial charge in [-0.25, -0.2) is 0 Å². The highest BCUT2D eigenvalue weighted by molar-refractivity contribution is 5.75. The van der Waals surface area contributed by atoms with Crippen LogP contribution in [0.5, 0.6) is 0 Å². The molecule has 3 N–H and O–H groups in total. The Kier molecular flexibility index (Phi) is 4.94. The molecule has 0 aliphatic carbocycles. The van der Waals surface area contributed by atoms with Gasteiger partial charge in [0.15, 0.2) is 0 Å². The minimum absolute atomic E-state index is 0.0981. The van der Waals surface area contributed by atoms with Crippen LogP contribution >= 0.6 is 0 Å². The number of rotatable bonds is 4. The third kappa shape index (κ3) is 4.32. The summed E-state index contributed by atoms with van der Waals surface area (Å²) in [4.78, 5) is 10.7. The van der Waals surface area contributed by atoms with Crippen LogP contribution in [-0.2, 0) is 4.79 Å². The van der Waals surface area contributed by atoms with Crippen LogP contribution < -0.4 is 11.1 Å². The summed E-state index contributed by atoms with van der Waals surface area (Å²) in [5.41, 5.74) is 5.31. The molecule has 0 heterocycles. The van der Waals surface area contributed by atoms with Crippen molar-refractivity contribution in [3.8, 4) is 0 Å². The average Bonchev–Trinajstić information content (AvgIpc) is 1.88. The summed E-state index contributed by atoms with van der Waals surface area (Å²) in [6, 6.07) is 0. The first-order valence-electron chi connectivity index (χ1n) is 3.61.